The summed E-state index contributed by atoms with van der Waals surface area (Å²) in [6.07, 6.45) is 1.90. The molecule has 4 aromatic rings. The number of nitrogens with zero attached hydrogens (tertiary/aromatic N) is 1. The van der Waals surface area contributed by atoms with Gasteiger partial charge in [-0.2, -0.15) is 0 Å². The number of allylic oxidation sites excluding steroid dienone is 1. The molecule has 0 amide bonds. The third-order valence-corrected chi connectivity index (χ3v) is 21.5. The van der Waals surface area contributed by atoms with Crippen molar-refractivity contribution in [1.82, 2.24) is 0 Å². The third-order valence-electron chi connectivity index (χ3n) is 5.86. The predicted molar refractivity (Wildman–Crippen MR) is 163 cm³/mol. The molecule has 1 nitrogen and oxygen atoms in total. The first kappa shape index (κ1) is 25.9. The van der Waals surface area contributed by atoms with Crippen LogP contribution in [0, 0.1) is 0 Å². The second kappa shape index (κ2) is 10.9. The van der Waals surface area contributed by atoms with Gasteiger partial charge in [0.15, 0.2) is 0 Å². The third kappa shape index (κ3) is 5.63. The molecule has 0 unspecified atom stereocenters. The van der Waals surface area contributed by atoms with Crippen LogP contribution in [-0.2, 0) is 0 Å². The quantitative estimate of drug-likeness (QED) is 0.115. The summed E-state index contributed by atoms with van der Waals surface area (Å²) in [5.74, 6) is 0. The van der Waals surface area contributed by atoms with Gasteiger partial charge < -0.3 is 0 Å². The molecule has 0 bridgehead atoms. The van der Waals surface area contributed by atoms with Crippen LogP contribution in [0.4, 0.5) is 11.4 Å². The maximum atomic E-state index is 4.88. The van der Waals surface area contributed by atoms with Crippen molar-refractivity contribution in [2.45, 2.75) is 24.7 Å². The Hall–Kier alpha value is -1.15. The van der Waals surface area contributed by atoms with E-state index in [1.54, 1.807) is 2.89 Å². The molecule has 0 aliphatic heterocycles. The van der Waals surface area contributed by atoms with E-state index < -0.39 is 38.1 Å². The van der Waals surface area contributed by atoms with Crippen molar-refractivity contribution in [3.8, 4) is 11.1 Å². The number of rotatable bonds is 7. The molecule has 1 aromatic heterocycles. The van der Waals surface area contributed by atoms with Crippen LogP contribution in [0.25, 0.3) is 21.2 Å². The number of fused-ring (bicyclic) bond motifs is 1. The van der Waals surface area contributed by atoms with E-state index in [9.17, 15) is 0 Å². The molecule has 0 spiro atoms. The Bertz CT molecular complexity index is 1330. The Balaban J connectivity index is 1.86. The molecule has 0 aliphatic carbocycles. The number of benzene rings is 3. The molecule has 34 heavy (non-hydrogen) atoms. The van der Waals surface area contributed by atoms with Crippen molar-refractivity contribution in [3.63, 3.8) is 0 Å². The monoisotopic (exact) mass is 698 g/mol. The van der Waals surface area contributed by atoms with Crippen LogP contribution < -0.4 is 7.79 Å². The molecule has 0 aliphatic rings. The number of hydrogen-bond acceptors (Lipinski definition) is 3. The van der Waals surface area contributed by atoms with Crippen molar-refractivity contribution < 1.29 is 0 Å². The van der Waals surface area contributed by atoms with Crippen LogP contribution in [-0.4, -0.2) is 38.1 Å². The summed E-state index contributed by atoms with van der Waals surface area (Å²) in [4.78, 5) is 15.7. The van der Waals surface area contributed by atoms with Gasteiger partial charge in [-0.1, -0.05) is 0 Å². The topological polar surface area (TPSA) is 3.24 Å². The van der Waals surface area contributed by atoms with Gasteiger partial charge in [-0.3, -0.25) is 0 Å². The first-order valence-corrected chi connectivity index (χ1v) is 29.9. The van der Waals surface area contributed by atoms with Crippen LogP contribution in [0.15, 0.2) is 100 Å². The molecule has 0 saturated carbocycles. The van der Waals surface area contributed by atoms with Crippen molar-refractivity contribution in [2.75, 3.05) is 4.90 Å². The predicted octanol–water partition coefficient (Wildman–Crippen LogP) is 8.87. The maximum absolute atomic E-state index is 4.88. The number of anilines is 2. The van der Waals surface area contributed by atoms with E-state index in [2.05, 4.69) is 115 Å². The Labute approximate surface area is 225 Å². The van der Waals surface area contributed by atoms with Gasteiger partial charge in [0.1, 0.15) is 0 Å². The zero-order chi connectivity index (χ0) is 24.5. The van der Waals surface area contributed by atoms with Crippen LogP contribution >= 0.6 is 24.0 Å². The fourth-order valence-electron chi connectivity index (χ4n) is 4.07. The van der Waals surface area contributed by atoms with E-state index in [0.29, 0.717) is 0 Å². The molecular weight excluding hydrogens is 664 g/mol. The summed E-state index contributed by atoms with van der Waals surface area (Å²) < 4.78 is 4.36. The van der Waals surface area contributed by atoms with Crippen LogP contribution in [0.1, 0.15) is 0 Å². The Morgan fingerprint density at radius 2 is 1.50 bits per heavy atom. The Morgan fingerprint density at radius 3 is 2.09 bits per heavy atom. The first-order valence-electron chi connectivity index (χ1n) is 11.5. The van der Waals surface area contributed by atoms with Crippen LogP contribution in [0.5, 0.6) is 0 Å². The SMILES string of the molecule is C=C/C(S)=[C](\N(c1ccc(-c2ccccc2)cc1)c1ccc2s[c]([Sn]([CH3])([CH3])[CH3])cc2c1)[Sn]([CH3])[CH3]. The molecule has 173 valence electrons. The number of thiol groups is 1. The standard InChI is InChI=1S/C24H17NS2.5CH3.2Sn/c1-2-23(26)17-25(22-12-13-24-20(16-22)14-15-27-24)21-10-8-19(9-11-21)18-6-4-3-5-7-18;;;;;;;/h2-14,16,26H,1H2;5*1H3;;. The molecule has 0 saturated heterocycles. The molecule has 0 fully saturated rings. The normalized spacial score (nSPS) is 12.7. The van der Waals surface area contributed by atoms with Gasteiger partial charge in [-0.05, 0) is 0 Å². The van der Waals surface area contributed by atoms with Gasteiger partial charge in [-0.15, -0.1) is 0 Å². The van der Waals surface area contributed by atoms with Crippen molar-refractivity contribution >= 4 is 86.5 Å². The minimum atomic E-state index is -2.11. The van der Waals surface area contributed by atoms with Gasteiger partial charge >= 0.3 is 227 Å². The Morgan fingerprint density at radius 1 is 0.882 bits per heavy atom. The second-order valence-electron chi connectivity index (χ2n) is 9.77. The molecular formula is C29H32NS2Sn2. The van der Waals surface area contributed by atoms with E-state index >= 15 is 0 Å². The molecule has 1 heterocycles. The van der Waals surface area contributed by atoms with Crippen LogP contribution in [0.3, 0.4) is 0 Å². The zero-order valence-corrected chi connectivity index (χ0v) is 28.0. The van der Waals surface area contributed by atoms with Crippen molar-refractivity contribution in [1.29, 1.82) is 0 Å². The fourth-order valence-corrected chi connectivity index (χ4v) is 15.8. The summed E-state index contributed by atoms with van der Waals surface area (Å²) in [6.45, 7) is 4.05. The molecule has 1 radical (unpaired) electrons. The summed E-state index contributed by atoms with van der Waals surface area (Å²) >= 11 is 2.88. The van der Waals surface area contributed by atoms with Crippen molar-refractivity contribution in [2.24, 2.45) is 0 Å². The average molecular weight is 696 g/mol. The van der Waals surface area contributed by atoms with Gasteiger partial charge in [-0.25, -0.2) is 0 Å². The van der Waals surface area contributed by atoms with Gasteiger partial charge in [0.2, 0.25) is 0 Å². The van der Waals surface area contributed by atoms with Crippen LogP contribution in [0.2, 0.25) is 24.7 Å². The van der Waals surface area contributed by atoms with E-state index in [4.69, 9.17) is 12.6 Å². The molecule has 0 N–H and O–H groups in total. The minimum absolute atomic E-state index is 0.989. The summed E-state index contributed by atoms with van der Waals surface area (Å²) in [6, 6.07) is 28.9. The molecule has 0 atom stereocenters. The Kier molecular flexibility index (Phi) is 8.27. The van der Waals surface area contributed by atoms with E-state index in [-0.39, 0.29) is 0 Å². The van der Waals surface area contributed by atoms with Gasteiger partial charge in [0, 0.05) is 0 Å². The molecule has 5 heteroatoms. The number of thiophene rings is 1. The van der Waals surface area contributed by atoms with Crippen molar-refractivity contribution in [3.05, 3.63) is 100 Å². The van der Waals surface area contributed by atoms with E-state index in [1.165, 1.54) is 36.3 Å². The summed E-state index contributed by atoms with van der Waals surface area (Å²) in [5, 5.41) is 1.35. The molecule has 4 rings (SSSR count). The van der Waals surface area contributed by atoms with E-state index in [0.717, 1.165) is 4.91 Å². The number of hydrogen-bond donors (Lipinski definition) is 1. The van der Waals surface area contributed by atoms with Gasteiger partial charge in [0.05, 0.1) is 0 Å². The van der Waals surface area contributed by atoms with Gasteiger partial charge in [0.25, 0.3) is 0 Å². The average Bonchev–Trinajstić information content (AvgIpc) is 3.27. The summed E-state index contributed by atoms with van der Waals surface area (Å²) in [7, 11) is 0. The first-order chi connectivity index (χ1) is 16.2. The zero-order valence-electron chi connectivity index (χ0n) is 20.6. The molecule has 3 aromatic carbocycles. The summed E-state index contributed by atoms with van der Waals surface area (Å²) in [5.41, 5.74) is 4.85. The fraction of sp³-hybridized carbons (Fsp3) is 0.172. The second-order valence-corrected chi connectivity index (χ2v) is 33.8. The van der Waals surface area contributed by atoms with E-state index in [1.807, 2.05) is 17.4 Å².